The van der Waals surface area contributed by atoms with Gasteiger partial charge in [-0.15, -0.1) is 0 Å². The van der Waals surface area contributed by atoms with Crippen LogP contribution in [-0.2, 0) is 21.4 Å². The molecular formula is C16H15BrN2O5S. The highest BCUT2D eigenvalue weighted by molar-refractivity contribution is 9.09. The van der Waals surface area contributed by atoms with E-state index in [1.54, 1.807) is 18.2 Å². The van der Waals surface area contributed by atoms with Crippen LogP contribution in [0.1, 0.15) is 5.56 Å². The van der Waals surface area contributed by atoms with Gasteiger partial charge in [0.15, 0.2) is 11.5 Å². The van der Waals surface area contributed by atoms with E-state index in [9.17, 15) is 13.2 Å². The number of halogens is 1. The van der Waals surface area contributed by atoms with Crippen molar-refractivity contribution in [3.05, 3.63) is 48.0 Å². The summed E-state index contributed by atoms with van der Waals surface area (Å²) in [5, 5.41) is 2.80. The lowest BCUT2D eigenvalue weighted by atomic mass is 10.2. The van der Waals surface area contributed by atoms with Crippen molar-refractivity contribution in [1.29, 1.82) is 0 Å². The van der Waals surface area contributed by atoms with Crippen LogP contribution < -0.4 is 19.5 Å². The SMILES string of the molecule is O=C(CBr)Nc1ccc(S(=O)(=O)NCc2ccc3c(c2)OCO3)cc1. The van der Waals surface area contributed by atoms with Gasteiger partial charge in [0.05, 0.1) is 10.2 Å². The van der Waals surface area contributed by atoms with Crippen molar-refractivity contribution in [3.8, 4) is 11.5 Å². The summed E-state index contributed by atoms with van der Waals surface area (Å²) in [4.78, 5) is 11.4. The molecule has 0 aliphatic carbocycles. The second-order valence-corrected chi connectivity index (χ2v) is 7.55. The van der Waals surface area contributed by atoms with Gasteiger partial charge >= 0.3 is 0 Å². The summed E-state index contributed by atoms with van der Waals surface area (Å²) in [5.41, 5.74) is 1.29. The first-order valence-electron chi connectivity index (χ1n) is 7.32. The predicted octanol–water partition coefficient (Wildman–Crippen LogP) is 2.23. The first-order chi connectivity index (χ1) is 12.0. The molecule has 0 saturated carbocycles. The fourth-order valence-corrected chi connectivity index (χ4v) is 3.38. The van der Waals surface area contributed by atoms with Crippen LogP contribution in [0.5, 0.6) is 11.5 Å². The molecule has 2 aromatic rings. The Morgan fingerprint density at radius 3 is 2.52 bits per heavy atom. The average molecular weight is 427 g/mol. The van der Waals surface area contributed by atoms with E-state index < -0.39 is 10.0 Å². The number of ether oxygens (including phenoxy) is 2. The van der Waals surface area contributed by atoms with Crippen LogP contribution in [-0.4, -0.2) is 26.4 Å². The largest absolute Gasteiger partial charge is 0.454 e. The van der Waals surface area contributed by atoms with Gasteiger partial charge in [-0.05, 0) is 42.0 Å². The number of carbonyl (C=O) groups excluding carboxylic acids is 1. The van der Waals surface area contributed by atoms with Crippen molar-refractivity contribution in [1.82, 2.24) is 4.72 Å². The first-order valence-corrected chi connectivity index (χ1v) is 9.92. The molecule has 0 atom stereocenters. The Bertz CT molecular complexity index is 884. The summed E-state index contributed by atoms with van der Waals surface area (Å²) in [6, 6.07) is 11.2. The van der Waals surface area contributed by atoms with E-state index in [1.807, 2.05) is 0 Å². The molecule has 0 fully saturated rings. The molecule has 0 unspecified atom stereocenters. The lowest BCUT2D eigenvalue weighted by Gasteiger charge is -2.09. The van der Waals surface area contributed by atoms with Gasteiger partial charge in [0.2, 0.25) is 22.7 Å². The number of carbonyl (C=O) groups is 1. The van der Waals surface area contributed by atoms with E-state index in [0.717, 1.165) is 5.56 Å². The molecule has 3 rings (SSSR count). The monoisotopic (exact) mass is 426 g/mol. The van der Waals surface area contributed by atoms with Crippen LogP contribution in [0.25, 0.3) is 0 Å². The summed E-state index contributed by atoms with van der Waals surface area (Å²) in [6.45, 7) is 0.295. The second kappa shape index (κ2) is 7.42. The minimum Gasteiger partial charge on any atom is -0.454 e. The number of rotatable bonds is 6. The van der Waals surface area contributed by atoms with Gasteiger partial charge in [-0.25, -0.2) is 13.1 Å². The zero-order valence-corrected chi connectivity index (χ0v) is 15.4. The summed E-state index contributed by atoms with van der Waals surface area (Å²) >= 11 is 3.05. The van der Waals surface area contributed by atoms with E-state index in [-0.39, 0.29) is 29.5 Å². The number of alkyl halides is 1. The van der Waals surface area contributed by atoms with Gasteiger partial charge in [-0.2, -0.15) is 0 Å². The molecule has 0 radical (unpaired) electrons. The molecule has 1 aliphatic heterocycles. The fraction of sp³-hybridized carbons (Fsp3) is 0.188. The highest BCUT2D eigenvalue weighted by Gasteiger charge is 2.16. The lowest BCUT2D eigenvalue weighted by Crippen LogP contribution is -2.23. The number of hydrogen-bond acceptors (Lipinski definition) is 5. The van der Waals surface area contributed by atoms with Crippen LogP contribution in [0, 0.1) is 0 Å². The molecule has 25 heavy (non-hydrogen) atoms. The van der Waals surface area contributed by atoms with Crippen LogP contribution in [0.15, 0.2) is 47.4 Å². The molecule has 7 nitrogen and oxygen atoms in total. The van der Waals surface area contributed by atoms with E-state index in [4.69, 9.17) is 9.47 Å². The van der Waals surface area contributed by atoms with Gasteiger partial charge in [0, 0.05) is 12.2 Å². The van der Waals surface area contributed by atoms with Gasteiger partial charge in [0.25, 0.3) is 0 Å². The zero-order valence-electron chi connectivity index (χ0n) is 13.0. The molecule has 1 aliphatic rings. The van der Waals surface area contributed by atoms with E-state index in [1.165, 1.54) is 24.3 Å². The number of benzene rings is 2. The Labute approximate surface area is 153 Å². The quantitative estimate of drug-likeness (QED) is 0.690. The highest BCUT2D eigenvalue weighted by Crippen LogP contribution is 2.32. The molecule has 9 heteroatoms. The standard InChI is InChI=1S/C16H15BrN2O5S/c17-8-16(20)19-12-2-4-13(5-3-12)25(21,22)18-9-11-1-6-14-15(7-11)24-10-23-14/h1-7,18H,8-10H2,(H,19,20). The summed E-state index contributed by atoms with van der Waals surface area (Å²) < 4.78 is 37.8. The molecule has 1 amide bonds. The number of fused-ring (bicyclic) bond motifs is 1. The Balaban J connectivity index is 1.66. The van der Waals surface area contributed by atoms with Crippen molar-refractivity contribution in [2.45, 2.75) is 11.4 Å². The van der Waals surface area contributed by atoms with Crippen molar-refractivity contribution < 1.29 is 22.7 Å². The molecule has 132 valence electrons. The van der Waals surface area contributed by atoms with Crippen molar-refractivity contribution in [3.63, 3.8) is 0 Å². The third-order valence-corrected chi connectivity index (χ3v) is 5.40. The van der Waals surface area contributed by atoms with Gasteiger partial charge in [-0.1, -0.05) is 22.0 Å². The van der Waals surface area contributed by atoms with E-state index in [2.05, 4.69) is 26.0 Å². The van der Waals surface area contributed by atoms with Crippen molar-refractivity contribution >= 4 is 37.5 Å². The van der Waals surface area contributed by atoms with Gasteiger partial charge in [-0.3, -0.25) is 4.79 Å². The van der Waals surface area contributed by atoms with Crippen molar-refractivity contribution in [2.75, 3.05) is 17.4 Å². The summed E-state index contributed by atoms with van der Waals surface area (Å²) in [5.74, 6) is 1.04. The average Bonchev–Trinajstić information content (AvgIpc) is 3.08. The first kappa shape index (κ1) is 17.7. The van der Waals surface area contributed by atoms with Gasteiger partial charge < -0.3 is 14.8 Å². The predicted molar refractivity (Wildman–Crippen MR) is 95.5 cm³/mol. The number of sulfonamides is 1. The van der Waals surface area contributed by atoms with E-state index in [0.29, 0.717) is 17.2 Å². The number of anilines is 1. The van der Waals surface area contributed by atoms with Crippen LogP contribution in [0.4, 0.5) is 5.69 Å². The van der Waals surface area contributed by atoms with Crippen LogP contribution in [0.3, 0.4) is 0 Å². The molecule has 0 saturated heterocycles. The lowest BCUT2D eigenvalue weighted by molar-refractivity contribution is -0.113. The topological polar surface area (TPSA) is 93.7 Å². The zero-order chi connectivity index (χ0) is 17.9. The summed E-state index contributed by atoms with van der Waals surface area (Å²) in [7, 11) is -3.67. The minimum atomic E-state index is -3.67. The van der Waals surface area contributed by atoms with Crippen LogP contribution >= 0.6 is 15.9 Å². The molecular weight excluding hydrogens is 412 g/mol. The molecule has 2 N–H and O–H groups in total. The van der Waals surface area contributed by atoms with Crippen LogP contribution in [0.2, 0.25) is 0 Å². The smallest absolute Gasteiger partial charge is 0.240 e. The Morgan fingerprint density at radius 2 is 1.80 bits per heavy atom. The Morgan fingerprint density at radius 1 is 1.08 bits per heavy atom. The molecule has 0 aromatic heterocycles. The highest BCUT2D eigenvalue weighted by atomic mass is 79.9. The maximum absolute atomic E-state index is 12.4. The molecule has 0 spiro atoms. The normalized spacial score (nSPS) is 12.8. The third kappa shape index (κ3) is 4.30. The Kier molecular flexibility index (Phi) is 5.26. The van der Waals surface area contributed by atoms with Crippen molar-refractivity contribution in [2.24, 2.45) is 0 Å². The van der Waals surface area contributed by atoms with E-state index >= 15 is 0 Å². The maximum Gasteiger partial charge on any atom is 0.240 e. The Hall–Kier alpha value is -2.10. The molecule has 1 heterocycles. The molecule has 2 aromatic carbocycles. The number of nitrogens with one attached hydrogen (secondary N) is 2. The second-order valence-electron chi connectivity index (χ2n) is 5.22. The third-order valence-electron chi connectivity index (χ3n) is 3.47. The molecule has 0 bridgehead atoms. The fourth-order valence-electron chi connectivity index (χ4n) is 2.22. The summed E-state index contributed by atoms with van der Waals surface area (Å²) in [6.07, 6.45) is 0. The maximum atomic E-state index is 12.4. The number of amides is 1. The minimum absolute atomic E-state index is 0.116. The van der Waals surface area contributed by atoms with Gasteiger partial charge in [0.1, 0.15) is 0 Å². The number of hydrogen-bond donors (Lipinski definition) is 2.